The lowest BCUT2D eigenvalue weighted by Crippen LogP contribution is -2.45. The molecule has 6 heteroatoms. The van der Waals surface area contributed by atoms with Crippen molar-refractivity contribution in [2.45, 2.75) is 32.2 Å². The maximum absolute atomic E-state index is 12.4. The Morgan fingerprint density at radius 3 is 2.91 bits per heavy atom. The summed E-state index contributed by atoms with van der Waals surface area (Å²) in [6, 6.07) is 5.56. The van der Waals surface area contributed by atoms with Gasteiger partial charge in [-0.1, -0.05) is 11.6 Å². The van der Waals surface area contributed by atoms with Crippen molar-refractivity contribution >= 4 is 28.5 Å². The second-order valence-electron chi connectivity index (χ2n) is 6.28. The first kappa shape index (κ1) is 16.3. The number of fused-ring (bicyclic) bond motifs is 1. The van der Waals surface area contributed by atoms with Crippen LogP contribution in [0.5, 0.6) is 0 Å². The number of carbonyl (C=O) groups is 1. The molecule has 5 nitrogen and oxygen atoms in total. The second-order valence-corrected chi connectivity index (χ2v) is 6.72. The number of H-pyrrole nitrogens is 1. The predicted molar refractivity (Wildman–Crippen MR) is 92.7 cm³/mol. The number of imidazole rings is 1. The summed E-state index contributed by atoms with van der Waals surface area (Å²) < 4.78 is 0. The smallest absolute Gasteiger partial charge is 0.239 e. The van der Waals surface area contributed by atoms with E-state index in [1.807, 2.05) is 37.1 Å². The normalized spacial score (nSPS) is 16.4. The predicted octanol–water partition coefficient (Wildman–Crippen LogP) is 2.70. The van der Waals surface area contributed by atoms with Gasteiger partial charge in [-0.3, -0.25) is 9.69 Å². The molecule has 1 aromatic heterocycles. The fourth-order valence-corrected chi connectivity index (χ4v) is 3.19. The SMILES string of the molecule is CC(C(=O)N1CCCC1)N(C)CCc1nc2ccc(Cl)cc2[nH]1. The van der Waals surface area contributed by atoms with E-state index in [4.69, 9.17) is 11.6 Å². The molecule has 0 spiro atoms. The lowest BCUT2D eigenvalue weighted by atomic mass is 10.2. The zero-order valence-electron chi connectivity index (χ0n) is 13.7. The molecule has 124 valence electrons. The number of halogens is 1. The first-order valence-electron chi connectivity index (χ1n) is 8.18. The van der Waals surface area contributed by atoms with Crippen LogP contribution in [0.4, 0.5) is 0 Å². The molecule has 0 bridgehead atoms. The Morgan fingerprint density at radius 2 is 2.17 bits per heavy atom. The van der Waals surface area contributed by atoms with Gasteiger partial charge in [0.2, 0.25) is 5.91 Å². The van der Waals surface area contributed by atoms with E-state index in [0.717, 1.165) is 55.8 Å². The van der Waals surface area contributed by atoms with Gasteiger partial charge in [0.25, 0.3) is 0 Å². The van der Waals surface area contributed by atoms with Crippen LogP contribution in [0.3, 0.4) is 0 Å². The first-order chi connectivity index (χ1) is 11.0. The molecule has 1 atom stereocenters. The Kier molecular flexibility index (Phi) is 4.87. The third-order valence-electron chi connectivity index (χ3n) is 4.63. The van der Waals surface area contributed by atoms with Crippen LogP contribution >= 0.6 is 11.6 Å². The monoisotopic (exact) mass is 334 g/mol. The summed E-state index contributed by atoms with van der Waals surface area (Å²) in [7, 11) is 2.00. The number of aromatic nitrogens is 2. The molecule has 1 unspecified atom stereocenters. The van der Waals surface area contributed by atoms with Gasteiger partial charge in [0.15, 0.2) is 0 Å². The summed E-state index contributed by atoms with van der Waals surface area (Å²) in [6.45, 7) is 4.58. The van der Waals surface area contributed by atoms with E-state index in [1.165, 1.54) is 0 Å². The lowest BCUT2D eigenvalue weighted by molar-refractivity contribution is -0.134. The summed E-state index contributed by atoms with van der Waals surface area (Å²) in [5.41, 5.74) is 1.88. The van der Waals surface area contributed by atoms with Crippen molar-refractivity contribution in [3.05, 3.63) is 29.0 Å². The van der Waals surface area contributed by atoms with Crippen LogP contribution in [0, 0.1) is 0 Å². The number of hydrogen-bond donors (Lipinski definition) is 1. The van der Waals surface area contributed by atoms with Crippen LogP contribution in [0.15, 0.2) is 18.2 Å². The van der Waals surface area contributed by atoms with Gasteiger partial charge in [0.1, 0.15) is 5.82 Å². The highest BCUT2D eigenvalue weighted by Gasteiger charge is 2.25. The molecule has 0 aliphatic carbocycles. The Balaban J connectivity index is 1.58. The number of nitrogens with zero attached hydrogens (tertiary/aromatic N) is 3. The van der Waals surface area contributed by atoms with E-state index in [2.05, 4.69) is 14.9 Å². The minimum Gasteiger partial charge on any atom is -0.342 e. The summed E-state index contributed by atoms with van der Waals surface area (Å²) in [6.07, 6.45) is 3.04. The molecule has 1 saturated heterocycles. The van der Waals surface area contributed by atoms with Crippen molar-refractivity contribution in [3.63, 3.8) is 0 Å². The van der Waals surface area contributed by atoms with Gasteiger partial charge < -0.3 is 9.88 Å². The van der Waals surface area contributed by atoms with Crippen LogP contribution in [0.2, 0.25) is 5.02 Å². The number of nitrogens with one attached hydrogen (secondary N) is 1. The maximum atomic E-state index is 12.4. The zero-order valence-corrected chi connectivity index (χ0v) is 14.4. The average molecular weight is 335 g/mol. The molecule has 2 aromatic rings. The van der Waals surface area contributed by atoms with Crippen LogP contribution in [-0.4, -0.2) is 58.4 Å². The molecule has 1 amide bonds. The van der Waals surface area contributed by atoms with E-state index in [1.54, 1.807) is 0 Å². The van der Waals surface area contributed by atoms with E-state index in [9.17, 15) is 4.79 Å². The number of likely N-dealkylation sites (N-methyl/N-ethyl adjacent to an activating group) is 1. The third-order valence-corrected chi connectivity index (χ3v) is 4.87. The molecule has 2 heterocycles. The highest BCUT2D eigenvalue weighted by atomic mass is 35.5. The molecule has 3 rings (SSSR count). The third kappa shape index (κ3) is 3.67. The summed E-state index contributed by atoms with van der Waals surface area (Å²) in [4.78, 5) is 24.4. The molecular formula is C17H23ClN4O. The van der Waals surface area contributed by atoms with E-state index >= 15 is 0 Å². The number of rotatable bonds is 5. The van der Waals surface area contributed by atoms with Crippen molar-refractivity contribution in [1.82, 2.24) is 19.8 Å². The number of amides is 1. The van der Waals surface area contributed by atoms with Crippen molar-refractivity contribution in [1.29, 1.82) is 0 Å². The largest absolute Gasteiger partial charge is 0.342 e. The van der Waals surface area contributed by atoms with Crippen molar-refractivity contribution in [3.8, 4) is 0 Å². The molecule has 0 radical (unpaired) electrons. The van der Waals surface area contributed by atoms with Gasteiger partial charge >= 0.3 is 0 Å². The summed E-state index contributed by atoms with van der Waals surface area (Å²) in [5.74, 6) is 1.16. The van der Waals surface area contributed by atoms with Gasteiger partial charge in [0.05, 0.1) is 17.1 Å². The molecule has 1 N–H and O–H groups in total. The minimum atomic E-state index is -0.0908. The molecular weight excluding hydrogens is 312 g/mol. The van der Waals surface area contributed by atoms with Crippen molar-refractivity contribution in [2.24, 2.45) is 0 Å². The van der Waals surface area contributed by atoms with Gasteiger partial charge in [-0.25, -0.2) is 4.98 Å². The highest BCUT2D eigenvalue weighted by Crippen LogP contribution is 2.17. The fourth-order valence-electron chi connectivity index (χ4n) is 3.02. The number of carbonyl (C=O) groups excluding carboxylic acids is 1. The standard InChI is InChI=1S/C17H23ClN4O/c1-12(17(23)22-8-3-4-9-22)21(2)10-7-16-19-14-6-5-13(18)11-15(14)20-16/h5-6,11-12H,3-4,7-10H2,1-2H3,(H,19,20). The quantitative estimate of drug-likeness (QED) is 0.914. The molecule has 1 aliphatic heterocycles. The highest BCUT2D eigenvalue weighted by molar-refractivity contribution is 6.31. The number of benzene rings is 1. The van der Waals surface area contributed by atoms with Gasteiger partial charge in [0, 0.05) is 31.1 Å². The molecule has 0 saturated carbocycles. The van der Waals surface area contributed by atoms with E-state index < -0.39 is 0 Å². The Morgan fingerprint density at radius 1 is 1.43 bits per heavy atom. The second kappa shape index (κ2) is 6.89. The number of hydrogen-bond acceptors (Lipinski definition) is 3. The topological polar surface area (TPSA) is 52.2 Å². The molecule has 1 aliphatic rings. The Hall–Kier alpha value is -1.59. The summed E-state index contributed by atoms with van der Waals surface area (Å²) >= 11 is 6.00. The van der Waals surface area contributed by atoms with Crippen LogP contribution in [0.1, 0.15) is 25.6 Å². The maximum Gasteiger partial charge on any atom is 0.239 e. The average Bonchev–Trinajstić information content (AvgIpc) is 3.19. The van der Waals surface area contributed by atoms with Crippen LogP contribution in [-0.2, 0) is 11.2 Å². The van der Waals surface area contributed by atoms with E-state index in [0.29, 0.717) is 5.02 Å². The molecule has 23 heavy (non-hydrogen) atoms. The lowest BCUT2D eigenvalue weighted by Gasteiger charge is -2.27. The van der Waals surface area contributed by atoms with Crippen LogP contribution in [0.25, 0.3) is 11.0 Å². The van der Waals surface area contributed by atoms with Gasteiger partial charge in [-0.2, -0.15) is 0 Å². The van der Waals surface area contributed by atoms with Gasteiger partial charge in [-0.15, -0.1) is 0 Å². The zero-order chi connectivity index (χ0) is 16.4. The van der Waals surface area contributed by atoms with Crippen LogP contribution < -0.4 is 0 Å². The Labute approximate surface area is 141 Å². The number of aromatic amines is 1. The van der Waals surface area contributed by atoms with Crippen molar-refractivity contribution < 1.29 is 4.79 Å². The van der Waals surface area contributed by atoms with Crippen molar-refractivity contribution in [2.75, 3.05) is 26.7 Å². The first-order valence-corrected chi connectivity index (χ1v) is 8.55. The van der Waals surface area contributed by atoms with Gasteiger partial charge in [-0.05, 0) is 45.0 Å². The Bertz CT molecular complexity index is 693. The summed E-state index contributed by atoms with van der Waals surface area (Å²) in [5, 5.41) is 0.703. The molecule has 1 fully saturated rings. The van der Waals surface area contributed by atoms with E-state index in [-0.39, 0.29) is 11.9 Å². The molecule has 1 aromatic carbocycles. The fraction of sp³-hybridized carbons (Fsp3) is 0.529. The number of likely N-dealkylation sites (tertiary alicyclic amines) is 1. The minimum absolute atomic E-state index is 0.0908.